The first kappa shape index (κ1) is 12.8. The van der Waals surface area contributed by atoms with Crippen molar-refractivity contribution in [3.63, 3.8) is 0 Å². The monoisotopic (exact) mass is 226 g/mol. The van der Waals surface area contributed by atoms with E-state index >= 15 is 0 Å². The van der Waals surface area contributed by atoms with Crippen molar-refractivity contribution in [1.29, 1.82) is 0 Å². The van der Waals surface area contributed by atoms with Gasteiger partial charge in [-0.05, 0) is 24.6 Å². The molecule has 0 unspecified atom stereocenters. The van der Waals surface area contributed by atoms with E-state index in [1.54, 1.807) is 18.2 Å². The lowest BCUT2D eigenvalue weighted by Crippen LogP contribution is -2.03. The normalized spacial score (nSPS) is 10.2. The van der Waals surface area contributed by atoms with Crippen molar-refractivity contribution in [3.05, 3.63) is 23.8 Å². The summed E-state index contributed by atoms with van der Waals surface area (Å²) in [6, 6.07) is 5.32. The maximum absolute atomic E-state index is 9.01. The Morgan fingerprint density at radius 3 is 2.56 bits per heavy atom. The van der Waals surface area contributed by atoms with E-state index in [1.807, 2.05) is 6.92 Å². The minimum absolute atomic E-state index is 0.0169. The smallest absolute Gasteiger partial charge is 0.161 e. The highest BCUT2D eigenvalue weighted by molar-refractivity contribution is 5.42. The van der Waals surface area contributed by atoms with Gasteiger partial charge in [0.05, 0.1) is 19.8 Å². The van der Waals surface area contributed by atoms with Gasteiger partial charge in [0.15, 0.2) is 11.5 Å². The third-order valence-corrected chi connectivity index (χ3v) is 2.05. The maximum atomic E-state index is 9.01. The third-order valence-electron chi connectivity index (χ3n) is 2.05. The van der Waals surface area contributed by atoms with Crippen LogP contribution in [0.2, 0.25) is 0 Å². The lowest BCUT2D eigenvalue weighted by atomic mass is 10.2. The zero-order valence-corrected chi connectivity index (χ0v) is 9.48. The zero-order valence-electron chi connectivity index (χ0n) is 9.48. The Bertz CT molecular complexity index is 312. The lowest BCUT2D eigenvalue weighted by Gasteiger charge is -2.12. The number of ether oxygens (including phenoxy) is 2. The Morgan fingerprint density at radius 2 is 1.94 bits per heavy atom. The van der Waals surface area contributed by atoms with Gasteiger partial charge in [-0.2, -0.15) is 0 Å². The number of aliphatic hydroxyl groups is 2. The summed E-state index contributed by atoms with van der Waals surface area (Å²) in [6.07, 6.45) is 0.591. The molecular formula is C12H18O4. The van der Waals surface area contributed by atoms with Crippen LogP contribution in [0.4, 0.5) is 0 Å². The van der Waals surface area contributed by atoms with Crippen LogP contribution < -0.4 is 9.47 Å². The van der Waals surface area contributed by atoms with Crippen LogP contribution in [0.15, 0.2) is 18.2 Å². The van der Waals surface area contributed by atoms with Crippen LogP contribution in [0.25, 0.3) is 0 Å². The average molecular weight is 226 g/mol. The molecule has 0 amide bonds. The van der Waals surface area contributed by atoms with Crippen LogP contribution >= 0.6 is 0 Å². The molecule has 0 aliphatic rings. The standard InChI is InChI=1S/C12H18O4/c1-2-15-12-8-10(9-14)4-5-11(12)16-7-3-6-13/h4-5,8,13-14H,2-3,6-7,9H2,1H3. The maximum Gasteiger partial charge on any atom is 0.161 e. The van der Waals surface area contributed by atoms with E-state index in [0.717, 1.165) is 5.56 Å². The highest BCUT2D eigenvalue weighted by atomic mass is 16.5. The highest BCUT2D eigenvalue weighted by Gasteiger charge is 2.05. The molecule has 4 nitrogen and oxygen atoms in total. The molecular weight excluding hydrogens is 208 g/mol. The van der Waals surface area contributed by atoms with E-state index in [2.05, 4.69) is 0 Å². The van der Waals surface area contributed by atoms with Gasteiger partial charge in [0.2, 0.25) is 0 Å². The van der Waals surface area contributed by atoms with Gasteiger partial charge >= 0.3 is 0 Å². The van der Waals surface area contributed by atoms with E-state index in [0.29, 0.717) is 31.1 Å². The average Bonchev–Trinajstić information content (AvgIpc) is 2.31. The van der Waals surface area contributed by atoms with Crippen molar-refractivity contribution in [2.24, 2.45) is 0 Å². The topological polar surface area (TPSA) is 58.9 Å². The highest BCUT2D eigenvalue weighted by Crippen LogP contribution is 2.28. The zero-order chi connectivity index (χ0) is 11.8. The van der Waals surface area contributed by atoms with Gasteiger partial charge < -0.3 is 19.7 Å². The van der Waals surface area contributed by atoms with Crippen molar-refractivity contribution in [2.45, 2.75) is 20.0 Å². The molecule has 0 spiro atoms. The molecule has 90 valence electrons. The van der Waals surface area contributed by atoms with Crippen LogP contribution in [0, 0.1) is 0 Å². The van der Waals surface area contributed by atoms with Crippen LogP contribution in [-0.4, -0.2) is 30.0 Å². The fourth-order valence-corrected chi connectivity index (χ4v) is 1.29. The van der Waals surface area contributed by atoms with Gasteiger partial charge in [-0.1, -0.05) is 6.07 Å². The fourth-order valence-electron chi connectivity index (χ4n) is 1.29. The first-order valence-corrected chi connectivity index (χ1v) is 5.42. The van der Waals surface area contributed by atoms with Crippen molar-refractivity contribution in [3.8, 4) is 11.5 Å². The molecule has 0 aliphatic carbocycles. The molecule has 0 saturated carbocycles. The second-order valence-electron chi connectivity index (χ2n) is 3.30. The largest absolute Gasteiger partial charge is 0.490 e. The van der Waals surface area contributed by atoms with Crippen molar-refractivity contribution < 1.29 is 19.7 Å². The van der Waals surface area contributed by atoms with Gasteiger partial charge in [0.1, 0.15) is 0 Å². The lowest BCUT2D eigenvalue weighted by molar-refractivity contribution is 0.224. The van der Waals surface area contributed by atoms with Crippen molar-refractivity contribution in [1.82, 2.24) is 0 Å². The van der Waals surface area contributed by atoms with Gasteiger partial charge in [0.25, 0.3) is 0 Å². The summed E-state index contributed by atoms with van der Waals surface area (Å²) in [6.45, 7) is 2.99. The van der Waals surface area contributed by atoms with Crippen LogP contribution in [-0.2, 0) is 6.61 Å². The van der Waals surface area contributed by atoms with Crippen LogP contribution in [0.1, 0.15) is 18.9 Å². The first-order valence-electron chi connectivity index (χ1n) is 5.42. The van der Waals surface area contributed by atoms with E-state index in [9.17, 15) is 0 Å². The Morgan fingerprint density at radius 1 is 1.12 bits per heavy atom. The van der Waals surface area contributed by atoms with Crippen LogP contribution in [0.3, 0.4) is 0 Å². The van der Waals surface area contributed by atoms with Crippen LogP contribution in [0.5, 0.6) is 11.5 Å². The third kappa shape index (κ3) is 3.72. The SMILES string of the molecule is CCOc1cc(CO)ccc1OCCCO. The summed E-state index contributed by atoms with van der Waals surface area (Å²) in [5, 5.41) is 17.7. The van der Waals surface area contributed by atoms with Gasteiger partial charge in [-0.3, -0.25) is 0 Å². The first-order chi connectivity index (χ1) is 7.81. The Kier molecular flexibility index (Phi) is 5.67. The Balaban J connectivity index is 2.72. The van der Waals surface area contributed by atoms with E-state index < -0.39 is 0 Å². The number of hydrogen-bond acceptors (Lipinski definition) is 4. The Labute approximate surface area is 95.4 Å². The molecule has 0 aromatic heterocycles. The number of benzene rings is 1. The fraction of sp³-hybridized carbons (Fsp3) is 0.500. The number of rotatable bonds is 7. The molecule has 1 aromatic carbocycles. The molecule has 0 bridgehead atoms. The number of hydrogen-bond donors (Lipinski definition) is 2. The van der Waals surface area contributed by atoms with Gasteiger partial charge in [-0.25, -0.2) is 0 Å². The summed E-state index contributed by atoms with van der Waals surface area (Å²) < 4.78 is 10.9. The van der Waals surface area contributed by atoms with Crippen molar-refractivity contribution >= 4 is 0 Å². The molecule has 0 heterocycles. The molecule has 4 heteroatoms. The quantitative estimate of drug-likeness (QED) is 0.689. The summed E-state index contributed by atoms with van der Waals surface area (Å²) in [7, 11) is 0. The minimum atomic E-state index is -0.0169. The van der Waals surface area contributed by atoms with Gasteiger partial charge in [-0.15, -0.1) is 0 Å². The van der Waals surface area contributed by atoms with E-state index in [1.165, 1.54) is 0 Å². The Hall–Kier alpha value is -1.26. The summed E-state index contributed by atoms with van der Waals surface area (Å²) in [5.74, 6) is 1.28. The van der Waals surface area contributed by atoms with Crippen molar-refractivity contribution in [2.75, 3.05) is 19.8 Å². The summed E-state index contributed by atoms with van der Waals surface area (Å²) >= 11 is 0. The molecule has 0 radical (unpaired) electrons. The van der Waals surface area contributed by atoms with E-state index in [4.69, 9.17) is 19.7 Å². The molecule has 16 heavy (non-hydrogen) atoms. The van der Waals surface area contributed by atoms with E-state index in [-0.39, 0.29) is 13.2 Å². The summed E-state index contributed by atoms with van der Waals surface area (Å²) in [4.78, 5) is 0. The minimum Gasteiger partial charge on any atom is -0.490 e. The second-order valence-corrected chi connectivity index (χ2v) is 3.30. The molecule has 0 aliphatic heterocycles. The predicted octanol–water partition coefficient (Wildman–Crippen LogP) is 1.34. The number of aliphatic hydroxyl groups excluding tert-OH is 2. The predicted molar refractivity (Wildman–Crippen MR) is 60.7 cm³/mol. The van der Waals surface area contributed by atoms with Gasteiger partial charge in [0, 0.05) is 13.0 Å². The molecule has 2 N–H and O–H groups in total. The molecule has 1 rings (SSSR count). The molecule has 0 saturated heterocycles. The second kappa shape index (κ2) is 7.09. The summed E-state index contributed by atoms with van der Waals surface area (Å²) in [5.41, 5.74) is 0.790. The molecule has 0 atom stereocenters. The molecule has 0 fully saturated rings. The molecule has 1 aromatic rings.